The van der Waals surface area contributed by atoms with Gasteiger partial charge in [-0.2, -0.15) is 5.26 Å². The smallest absolute Gasteiger partial charge is 0.231 e. The SMILES string of the molecule is N#Cc1cc(-c2ccnc(NCCNS(=O)[O-])n2)cc2c1N(C(=O)Cc1ccccc1F)CC2. The van der Waals surface area contributed by atoms with Crippen molar-refractivity contribution < 1.29 is 17.9 Å². The number of nitrogens with zero attached hydrogens (tertiary/aromatic N) is 4. The molecule has 0 spiro atoms. The maximum Gasteiger partial charge on any atom is 0.231 e. The lowest BCUT2D eigenvalue weighted by atomic mass is 10.0. The van der Waals surface area contributed by atoms with Crippen LogP contribution in [0.4, 0.5) is 16.0 Å². The summed E-state index contributed by atoms with van der Waals surface area (Å²) in [5.74, 6) is -0.387. The number of halogens is 1. The second kappa shape index (κ2) is 10.5. The van der Waals surface area contributed by atoms with E-state index in [0.29, 0.717) is 53.5 Å². The number of nitrogens with one attached hydrogen (secondary N) is 2. The highest BCUT2D eigenvalue weighted by atomic mass is 32.2. The van der Waals surface area contributed by atoms with Crippen molar-refractivity contribution in [2.45, 2.75) is 12.8 Å². The molecule has 2 N–H and O–H groups in total. The van der Waals surface area contributed by atoms with Crippen LogP contribution in [0.1, 0.15) is 16.7 Å². The molecule has 1 aliphatic heterocycles. The number of carbonyl (C=O) groups is 1. The summed E-state index contributed by atoms with van der Waals surface area (Å²) in [6, 6.07) is 13.6. The molecule has 4 rings (SSSR count). The number of benzene rings is 2. The molecule has 34 heavy (non-hydrogen) atoms. The van der Waals surface area contributed by atoms with E-state index in [2.05, 4.69) is 26.1 Å². The van der Waals surface area contributed by atoms with Gasteiger partial charge in [-0.15, -0.1) is 0 Å². The Labute approximate surface area is 198 Å². The molecule has 11 heteroatoms. The summed E-state index contributed by atoms with van der Waals surface area (Å²) in [7, 11) is 0. The van der Waals surface area contributed by atoms with Crippen LogP contribution in [0.15, 0.2) is 48.7 Å². The summed E-state index contributed by atoms with van der Waals surface area (Å²) in [6.07, 6.45) is 2.04. The van der Waals surface area contributed by atoms with E-state index in [1.165, 1.54) is 6.07 Å². The van der Waals surface area contributed by atoms with Crippen molar-refractivity contribution in [2.24, 2.45) is 0 Å². The van der Waals surface area contributed by atoms with Gasteiger partial charge < -0.3 is 14.8 Å². The Morgan fingerprint density at radius 1 is 1.26 bits per heavy atom. The van der Waals surface area contributed by atoms with Gasteiger partial charge in [0.2, 0.25) is 11.9 Å². The van der Waals surface area contributed by atoms with Crippen LogP contribution in [0.3, 0.4) is 0 Å². The summed E-state index contributed by atoms with van der Waals surface area (Å²) in [4.78, 5) is 23.1. The van der Waals surface area contributed by atoms with Crippen LogP contribution < -0.4 is 14.9 Å². The number of carbonyl (C=O) groups excluding carboxylic acids is 1. The van der Waals surface area contributed by atoms with Gasteiger partial charge in [0, 0.05) is 42.7 Å². The molecule has 1 aromatic heterocycles. The Hall–Kier alpha value is -3.72. The molecule has 174 valence electrons. The molecule has 0 saturated carbocycles. The number of hydrogen-bond acceptors (Lipinski definition) is 7. The molecule has 1 unspecified atom stereocenters. The van der Waals surface area contributed by atoms with Crippen molar-refractivity contribution in [1.82, 2.24) is 14.7 Å². The summed E-state index contributed by atoms with van der Waals surface area (Å²) < 4.78 is 37.3. The van der Waals surface area contributed by atoms with Gasteiger partial charge in [0.25, 0.3) is 0 Å². The summed E-state index contributed by atoms with van der Waals surface area (Å²) in [5, 5.41) is 12.7. The highest BCUT2D eigenvalue weighted by Crippen LogP contribution is 2.36. The van der Waals surface area contributed by atoms with Gasteiger partial charge in [0.15, 0.2) is 0 Å². The second-order valence-electron chi connectivity index (χ2n) is 7.53. The van der Waals surface area contributed by atoms with Gasteiger partial charge in [-0.05, 0) is 41.8 Å². The minimum atomic E-state index is -2.34. The van der Waals surface area contributed by atoms with Crippen LogP contribution in [0.25, 0.3) is 11.3 Å². The van der Waals surface area contributed by atoms with Crippen LogP contribution >= 0.6 is 0 Å². The molecule has 2 aromatic carbocycles. The molecular weight excluding hydrogens is 459 g/mol. The van der Waals surface area contributed by atoms with E-state index in [-0.39, 0.29) is 18.9 Å². The normalized spacial score (nSPS) is 13.3. The van der Waals surface area contributed by atoms with Crippen molar-refractivity contribution in [3.8, 4) is 17.3 Å². The number of hydrogen-bond donors (Lipinski definition) is 2. The first-order chi connectivity index (χ1) is 16.5. The third-order valence-electron chi connectivity index (χ3n) is 5.36. The molecule has 9 nitrogen and oxygen atoms in total. The predicted octanol–water partition coefficient (Wildman–Crippen LogP) is 2.08. The molecule has 2 heterocycles. The van der Waals surface area contributed by atoms with Crippen LogP contribution in [0.2, 0.25) is 0 Å². The average Bonchev–Trinajstić information content (AvgIpc) is 3.27. The topological polar surface area (TPSA) is 134 Å². The van der Waals surface area contributed by atoms with Crippen LogP contribution in [-0.4, -0.2) is 44.3 Å². The fourth-order valence-electron chi connectivity index (χ4n) is 3.84. The van der Waals surface area contributed by atoms with E-state index < -0.39 is 17.1 Å². The third-order valence-corrected chi connectivity index (χ3v) is 5.80. The number of aromatic nitrogens is 2. The minimum Gasteiger partial charge on any atom is -0.760 e. The highest BCUT2D eigenvalue weighted by Gasteiger charge is 2.29. The lowest BCUT2D eigenvalue weighted by Gasteiger charge is -2.19. The van der Waals surface area contributed by atoms with Crippen molar-refractivity contribution in [3.63, 3.8) is 0 Å². The highest BCUT2D eigenvalue weighted by molar-refractivity contribution is 7.77. The van der Waals surface area contributed by atoms with Crippen molar-refractivity contribution in [1.29, 1.82) is 5.26 Å². The zero-order valence-corrected chi connectivity index (χ0v) is 18.8. The zero-order chi connectivity index (χ0) is 24.1. The van der Waals surface area contributed by atoms with E-state index >= 15 is 0 Å². The van der Waals surface area contributed by atoms with Crippen LogP contribution in [-0.2, 0) is 28.9 Å². The van der Waals surface area contributed by atoms with Gasteiger partial charge in [-0.1, -0.05) is 18.2 Å². The van der Waals surface area contributed by atoms with Crippen molar-refractivity contribution in [2.75, 3.05) is 29.9 Å². The van der Waals surface area contributed by atoms with Gasteiger partial charge >= 0.3 is 0 Å². The molecule has 0 bridgehead atoms. The van der Waals surface area contributed by atoms with E-state index in [1.807, 2.05) is 6.07 Å². The van der Waals surface area contributed by atoms with E-state index in [0.717, 1.165) is 5.56 Å². The maximum absolute atomic E-state index is 14.0. The van der Waals surface area contributed by atoms with Crippen LogP contribution in [0.5, 0.6) is 0 Å². The van der Waals surface area contributed by atoms with Gasteiger partial charge in [0.05, 0.1) is 23.4 Å². The van der Waals surface area contributed by atoms with Gasteiger partial charge in [0.1, 0.15) is 11.9 Å². The Morgan fingerprint density at radius 3 is 2.85 bits per heavy atom. The monoisotopic (exact) mass is 479 g/mol. The number of nitriles is 1. The lowest BCUT2D eigenvalue weighted by molar-refractivity contribution is -0.117. The first-order valence-electron chi connectivity index (χ1n) is 10.5. The Balaban J connectivity index is 1.56. The van der Waals surface area contributed by atoms with E-state index in [4.69, 9.17) is 0 Å². The molecule has 1 amide bonds. The fraction of sp³-hybridized carbons (Fsp3) is 0.217. The molecule has 0 radical (unpaired) electrons. The Bertz CT molecular complexity index is 1300. The molecule has 0 saturated heterocycles. The van der Waals surface area contributed by atoms with Crippen molar-refractivity contribution in [3.05, 3.63) is 71.2 Å². The molecule has 0 aliphatic carbocycles. The molecule has 1 atom stereocenters. The maximum atomic E-state index is 14.0. The van der Waals surface area contributed by atoms with Gasteiger partial charge in [-0.3, -0.25) is 9.00 Å². The van der Waals surface area contributed by atoms with E-state index in [9.17, 15) is 23.2 Å². The number of amides is 1. The largest absolute Gasteiger partial charge is 0.760 e. The summed E-state index contributed by atoms with van der Waals surface area (Å²) in [5.41, 5.74) is 3.31. The molecule has 0 fully saturated rings. The first kappa shape index (κ1) is 23.4. The standard InChI is InChI=1S/C23H21FN6O3S/c24-19-4-2-1-3-15(19)13-21(31)30-10-6-16-11-17(12-18(14-25)22(16)30)20-5-7-26-23(29-20)27-8-9-28-34(32)33/h1-5,7,11-12,28H,6,8-10,13H2,(H,32,33)(H,26,27,29)/p-1. The minimum absolute atomic E-state index is 0.0888. The van der Waals surface area contributed by atoms with Crippen molar-refractivity contribution >= 4 is 28.8 Å². The number of fused-ring (bicyclic) bond motifs is 1. The summed E-state index contributed by atoms with van der Waals surface area (Å²) >= 11 is -2.34. The Kier molecular flexibility index (Phi) is 7.22. The van der Waals surface area contributed by atoms with Gasteiger partial charge in [-0.25, -0.2) is 19.1 Å². The quantitative estimate of drug-likeness (QED) is 0.373. The lowest BCUT2D eigenvalue weighted by Crippen LogP contribution is -2.31. The van der Waals surface area contributed by atoms with Crippen LogP contribution in [0, 0.1) is 17.1 Å². The average molecular weight is 480 g/mol. The summed E-state index contributed by atoms with van der Waals surface area (Å²) in [6.45, 7) is 0.882. The second-order valence-corrected chi connectivity index (χ2v) is 8.29. The molecular formula is C23H20FN6O3S-. The third kappa shape index (κ3) is 5.26. The zero-order valence-electron chi connectivity index (χ0n) is 18.0. The molecule has 3 aromatic rings. The fourth-order valence-corrected chi connectivity index (χ4v) is 4.11. The number of rotatable bonds is 8. The first-order valence-corrected chi connectivity index (χ1v) is 11.5. The molecule has 1 aliphatic rings. The Morgan fingerprint density at radius 2 is 2.09 bits per heavy atom. The number of anilines is 2. The van der Waals surface area contributed by atoms with E-state index in [1.54, 1.807) is 41.4 Å². The predicted molar refractivity (Wildman–Crippen MR) is 124 cm³/mol.